The van der Waals surface area contributed by atoms with Crippen molar-refractivity contribution in [2.24, 2.45) is 17.8 Å². The first kappa shape index (κ1) is 18.8. The molecule has 3 heterocycles. The third-order valence-electron chi connectivity index (χ3n) is 7.15. The lowest BCUT2D eigenvalue weighted by Gasteiger charge is -2.30. The summed E-state index contributed by atoms with van der Waals surface area (Å²) in [5.74, 6) is 4.78. The molecule has 0 spiro atoms. The molecule has 1 aromatic carbocycles. The SMILES string of the molecule is CNc1nc(CC2C3CCC2CNC3)nc2c1C(C)(C)CN2c1ccc(F)cc1. The molecule has 0 radical (unpaired) electrons. The van der Waals surface area contributed by atoms with E-state index in [-0.39, 0.29) is 11.2 Å². The van der Waals surface area contributed by atoms with Crippen LogP contribution in [-0.2, 0) is 11.8 Å². The lowest BCUT2D eigenvalue weighted by molar-refractivity contribution is 0.241. The fraction of sp³-hybridized carbons (Fsp3) is 0.565. The van der Waals surface area contributed by atoms with Crippen LogP contribution in [0.2, 0.25) is 0 Å². The van der Waals surface area contributed by atoms with Crippen LogP contribution < -0.4 is 15.5 Å². The number of anilines is 3. The Morgan fingerprint density at radius 3 is 2.48 bits per heavy atom. The van der Waals surface area contributed by atoms with Gasteiger partial charge in [0.05, 0.1) is 0 Å². The summed E-state index contributed by atoms with van der Waals surface area (Å²) in [5, 5.41) is 6.91. The minimum absolute atomic E-state index is 0.0889. The fourth-order valence-corrected chi connectivity index (χ4v) is 5.71. The van der Waals surface area contributed by atoms with E-state index in [4.69, 9.17) is 9.97 Å². The molecule has 2 atom stereocenters. The van der Waals surface area contributed by atoms with Crippen LogP contribution >= 0.6 is 0 Å². The van der Waals surface area contributed by atoms with Gasteiger partial charge in [0, 0.05) is 36.7 Å². The molecule has 29 heavy (non-hydrogen) atoms. The molecule has 2 aromatic rings. The van der Waals surface area contributed by atoms with E-state index in [1.807, 2.05) is 19.2 Å². The lowest BCUT2D eigenvalue weighted by atomic mass is 9.83. The van der Waals surface area contributed by atoms with Gasteiger partial charge in [0.1, 0.15) is 23.3 Å². The summed E-state index contributed by atoms with van der Waals surface area (Å²) in [5.41, 5.74) is 2.04. The van der Waals surface area contributed by atoms with Gasteiger partial charge in [-0.3, -0.25) is 0 Å². The van der Waals surface area contributed by atoms with Crippen molar-refractivity contribution in [3.63, 3.8) is 0 Å². The number of halogens is 1. The van der Waals surface area contributed by atoms with Crippen molar-refractivity contribution in [3.8, 4) is 0 Å². The van der Waals surface area contributed by atoms with Crippen LogP contribution in [0.25, 0.3) is 0 Å². The highest BCUT2D eigenvalue weighted by atomic mass is 19.1. The molecule has 2 unspecified atom stereocenters. The van der Waals surface area contributed by atoms with Crippen molar-refractivity contribution >= 4 is 17.3 Å². The van der Waals surface area contributed by atoms with Crippen LogP contribution in [0.3, 0.4) is 0 Å². The van der Waals surface area contributed by atoms with E-state index in [1.165, 1.54) is 25.0 Å². The number of benzene rings is 1. The Balaban J connectivity index is 1.54. The van der Waals surface area contributed by atoms with Crippen molar-refractivity contribution in [3.05, 3.63) is 41.5 Å². The van der Waals surface area contributed by atoms with E-state index in [1.54, 1.807) is 0 Å². The molecule has 2 N–H and O–H groups in total. The topological polar surface area (TPSA) is 53.1 Å². The molecule has 3 aliphatic rings. The summed E-state index contributed by atoms with van der Waals surface area (Å²) < 4.78 is 13.5. The quantitative estimate of drug-likeness (QED) is 0.823. The predicted molar refractivity (Wildman–Crippen MR) is 114 cm³/mol. The van der Waals surface area contributed by atoms with Crippen LogP contribution in [0.5, 0.6) is 0 Å². The van der Waals surface area contributed by atoms with E-state index >= 15 is 0 Å². The molecule has 5 rings (SSSR count). The zero-order valence-corrected chi connectivity index (χ0v) is 17.5. The van der Waals surface area contributed by atoms with Gasteiger partial charge in [-0.25, -0.2) is 14.4 Å². The molecule has 5 nitrogen and oxygen atoms in total. The maximum Gasteiger partial charge on any atom is 0.142 e. The maximum atomic E-state index is 13.5. The van der Waals surface area contributed by atoms with Crippen molar-refractivity contribution in [2.45, 2.75) is 38.5 Å². The van der Waals surface area contributed by atoms with Crippen LogP contribution in [-0.4, -0.2) is 36.6 Å². The van der Waals surface area contributed by atoms with Gasteiger partial charge in [-0.2, -0.15) is 0 Å². The zero-order valence-electron chi connectivity index (χ0n) is 17.5. The van der Waals surface area contributed by atoms with E-state index in [9.17, 15) is 4.39 Å². The molecule has 6 heteroatoms. The Morgan fingerprint density at radius 1 is 1.14 bits per heavy atom. The molecule has 154 valence electrons. The van der Waals surface area contributed by atoms with Crippen LogP contribution in [0.4, 0.5) is 21.7 Å². The van der Waals surface area contributed by atoms with Crippen LogP contribution in [0.1, 0.15) is 38.1 Å². The number of nitrogens with one attached hydrogen (secondary N) is 2. The van der Waals surface area contributed by atoms with Crippen molar-refractivity contribution in [1.82, 2.24) is 15.3 Å². The molecular weight excluding hydrogens is 365 g/mol. The summed E-state index contributed by atoms with van der Waals surface area (Å²) >= 11 is 0. The van der Waals surface area contributed by atoms with Gasteiger partial charge < -0.3 is 15.5 Å². The number of hydrogen-bond acceptors (Lipinski definition) is 5. The van der Waals surface area contributed by atoms with Crippen LogP contribution in [0, 0.1) is 23.6 Å². The molecule has 1 saturated heterocycles. The summed E-state index contributed by atoms with van der Waals surface area (Å²) in [4.78, 5) is 12.3. The first-order valence-corrected chi connectivity index (χ1v) is 10.8. The molecular formula is C23H30FN5. The summed E-state index contributed by atoms with van der Waals surface area (Å²) in [6, 6.07) is 6.73. The summed E-state index contributed by atoms with van der Waals surface area (Å²) in [7, 11) is 1.94. The largest absolute Gasteiger partial charge is 0.373 e. The highest BCUT2D eigenvalue weighted by molar-refractivity contribution is 5.74. The molecule has 1 saturated carbocycles. The third-order valence-corrected chi connectivity index (χ3v) is 7.15. The van der Waals surface area contributed by atoms with Gasteiger partial charge in [-0.05, 0) is 68.0 Å². The first-order valence-electron chi connectivity index (χ1n) is 10.8. The summed E-state index contributed by atoms with van der Waals surface area (Å²) in [6.45, 7) is 7.51. The van der Waals surface area contributed by atoms with Crippen molar-refractivity contribution < 1.29 is 4.39 Å². The van der Waals surface area contributed by atoms with Crippen molar-refractivity contribution in [1.29, 1.82) is 0 Å². The standard InChI is InChI=1S/C23H30FN5/c1-23(2)13-29(17-8-6-16(24)7-9-17)22-20(23)21(25-3)27-19(28-22)10-18-14-4-5-15(18)12-26-11-14/h6-9,14-15,18,26H,4-5,10-13H2,1-3H3,(H,25,27,28). The van der Waals surface area contributed by atoms with Gasteiger partial charge in [0.2, 0.25) is 0 Å². The normalized spacial score (nSPS) is 27.2. The molecule has 0 amide bonds. The lowest BCUT2D eigenvalue weighted by Crippen LogP contribution is -2.39. The van der Waals surface area contributed by atoms with Gasteiger partial charge >= 0.3 is 0 Å². The number of piperidine rings is 1. The first-order chi connectivity index (χ1) is 14.0. The second kappa shape index (κ2) is 6.94. The van der Waals surface area contributed by atoms with Crippen molar-refractivity contribution in [2.75, 3.05) is 36.9 Å². The molecule has 2 fully saturated rings. The predicted octanol–water partition coefficient (Wildman–Crippen LogP) is 3.87. The highest BCUT2D eigenvalue weighted by Gasteiger charge is 2.42. The number of fused-ring (bicyclic) bond motifs is 3. The second-order valence-corrected chi connectivity index (χ2v) is 9.51. The Bertz CT molecular complexity index is 894. The van der Waals surface area contributed by atoms with Gasteiger partial charge in [0.15, 0.2) is 0 Å². The highest BCUT2D eigenvalue weighted by Crippen LogP contribution is 2.47. The van der Waals surface area contributed by atoms with E-state index in [2.05, 4.69) is 29.4 Å². The Hall–Kier alpha value is -2.21. The number of rotatable bonds is 4. The van der Waals surface area contributed by atoms with Gasteiger partial charge in [-0.15, -0.1) is 0 Å². The number of hydrogen-bond donors (Lipinski definition) is 2. The Kier molecular flexibility index (Phi) is 4.50. The zero-order chi connectivity index (χ0) is 20.2. The Labute approximate surface area is 172 Å². The fourth-order valence-electron chi connectivity index (χ4n) is 5.71. The maximum absolute atomic E-state index is 13.5. The Morgan fingerprint density at radius 2 is 1.83 bits per heavy atom. The van der Waals surface area contributed by atoms with Crippen LogP contribution in [0.15, 0.2) is 24.3 Å². The molecule has 2 aliphatic heterocycles. The second-order valence-electron chi connectivity index (χ2n) is 9.51. The monoisotopic (exact) mass is 395 g/mol. The number of nitrogens with zero attached hydrogens (tertiary/aromatic N) is 3. The molecule has 1 aliphatic carbocycles. The van der Waals surface area contributed by atoms with E-state index < -0.39 is 0 Å². The van der Waals surface area contributed by atoms with Gasteiger partial charge in [-0.1, -0.05) is 13.8 Å². The smallest absolute Gasteiger partial charge is 0.142 e. The molecule has 2 bridgehead atoms. The summed E-state index contributed by atoms with van der Waals surface area (Å²) in [6.07, 6.45) is 3.58. The number of aromatic nitrogens is 2. The average Bonchev–Trinajstić information content (AvgIpc) is 3.08. The molecule has 1 aromatic heterocycles. The van der Waals surface area contributed by atoms with E-state index in [0.29, 0.717) is 5.92 Å². The minimum atomic E-state index is -0.215. The van der Waals surface area contributed by atoms with Gasteiger partial charge in [0.25, 0.3) is 0 Å². The van der Waals surface area contributed by atoms with E-state index in [0.717, 1.165) is 66.6 Å². The average molecular weight is 396 g/mol. The third kappa shape index (κ3) is 3.18. The minimum Gasteiger partial charge on any atom is -0.373 e.